The fraction of sp³-hybridized carbons (Fsp3) is 0.231. The third kappa shape index (κ3) is 2.75. The molecule has 0 saturated carbocycles. The standard InChI is InChI=1S/C13H13NO4/c1-9-3-2-4-14-11(9)7-18-13-8-17-10(6-15)5-12(13)16/h2-5,8,15H,6-7H2,1H3. The zero-order chi connectivity index (χ0) is 13.0. The summed E-state index contributed by atoms with van der Waals surface area (Å²) in [7, 11) is 0. The van der Waals surface area contributed by atoms with Gasteiger partial charge in [-0.1, -0.05) is 6.07 Å². The van der Waals surface area contributed by atoms with E-state index in [1.807, 2.05) is 19.1 Å². The molecule has 0 fully saturated rings. The van der Waals surface area contributed by atoms with Crippen LogP contribution in [0.1, 0.15) is 17.0 Å². The first kappa shape index (κ1) is 12.3. The van der Waals surface area contributed by atoms with Gasteiger partial charge in [-0.05, 0) is 18.6 Å². The molecule has 5 heteroatoms. The number of hydrogen-bond acceptors (Lipinski definition) is 5. The second-order valence-electron chi connectivity index (χ2n) is 3.79. The van der Waals surface area contributed by atoms with Gasteiger partial charge >= 0.3 is 0 Å². The Kier molecular flexibility index (Phi) is 3.74. The molecule has 5 nitrogen and oxygen atoms in total. The number of rotatable bonds is 4. The fourth-order valence-corrected chi connectivity index (χ4v) is 1.44. The van der Waals surface area contributed by atoms with Crippen LogP contribution in [0.4, 0.5) is 0 Å². The van der Waals surface area contributed by atoms with Gasteiger partial charge in [0.1, 0.15) is 25.2 Å². The second-order valence-corrected chi connectivity index (χ2v) is 3.79. The van der Waals surface area contributed by atoms with Crippen molar-refractivity contribution in [1.82, 2.24) is 4.98 Å². The van der Waals surface area contributed by atoms with Crippen molar-refractivity contribution >= 4 is 0 Å². The predicted molar refractivity (Wildman–Crippen MR) is 64.2 cm³/mol. The lowest BCUT2D eigenvalue weighted by Crippen LogP contribution is -2.09. The predicted octanol–water partition coefficient (Wildman–Crippen LogP) is 1.41. The van der Waals surface area contributed by atoms with Crippen LogP contribution in [0.15, 0.2) is 39.9 Å². The van der Waals surface area contributed by atoms with E-state index >= 15 is 0 Å². The van der Waals surface area contributed by atoms with E-state index in [4.69, 9.17) is 14.3 Å². The van der Waals surface area contributed by atoms with Crippen LogP contribution in [-0.4, -0.2) is 10.1 Å². The summed E-state index contributed by atoms with van der Waals surface area (Å²) in [5.41, 5.74) is 1.44. The van der Waals surface area contributed by atoms with Gasteiger partial charge in [0.05, 0.1) is 5.69 Å². The number of aryl methyl sites for hydroxylation is 1. The molecule has 2 heterocycles. The van der Waals surface area contributed by atoms with Gasteiger partial charge in [-0.15, -0.1) is 0 Å². The van der Waals surface area contributed by atoms with Crippen LogP contribution in [0.2, 0.25) is 0 Å². The van der Waals surface area contributed by atoms with Crippen molar-refractivity contribution in [2.45, 2.75) is 20.1 Å². The summed E-state index contributed by atoms with van der Waals surface area (Å²) in [5, 5.41) is 8.81. The number of aliphatic hydroxyl groups excluding tert-OH is 1. The Morgan fingerprint density at radius 2 is 2.33 bits per heavy atom. The summed E-state index contributed by atoms with van der Waals surface area (Å²) < 4.78 is 10.4. The van der Waals surface area contributed by atoms with Gasteiger partial charge in [0, 0.05) is 12.3 Å². The Labute approximate surface area is 104 Å². The molecule has 18 heavy (non-hydrogen) atoms. The first-order valence-electron chi connectivity index (χ1n) is 5.46. The van der Waals surface area contributed by atoms with Crippen LogP contribution in [0.3, 0.4) is 0 Å². The van der Waals surface area contributed by atoms with Crippen molar-refractivity contribution in [2.24, 2.45) is 0 Å². The molecule has 0 amide bonds. The molecule has 0 aliphatic carbocycles. The summed E-state index contributed by atoms with van der Waals surface area (Å²) in [5.74, 6) is 0.318. The lowest BCUT2D eigenvalue weighted by molar-refractivity contribution is 0.235. The maximum atomic E-state index is 11.6. The van der Waals surface area contributed by atoms with E-state index in [2.05, 4.69) is 4.98 Å². The molecule has 0 atom stereocenters. The van der Waals surface area contributed by atoms with Crippen molar-refractivity contribution in [3.8, 4) is 5.75 Å². The summed E-state index contributed by atoms with van der Waals surface area (Å²) in [6.45, 7) is 1.81. The highest BCUT2D eigenvalue weighted by Crippen LogP contribution is 2.10. The van der Waals surface area contributed by atoms with E-state index in [9.17, 15) is 4.79 Å². The zero-order valence-corrected chi connectivity index (χ0v) is 9.92. The Morgan fingerprint density at radius 1 is 1.50 bits per heavy atom. The molecule has 0 radical (unpaired) electrons. The molecule has 2 aromatic heterocycles. The third-order valence-electron chi connectivity index (χ3n) is 2.49. The number of hydrogen-bond donors (Lipinski definition) is 1. The third-order valence-corrected chi connectivity index (χ3v) is 2.49. The van der Waals surface area contributed by atoms with E-state index in [1.54, 1.807) is 6.20 Å². The summed E-state index contributed by atoms with van der Waals surface area (Å²) in [4.78, 5) is 15.7. The Morgan fingerprint density at radius 3 is 3.00 bits per heavy atom. The molecule has 0 aliphatic rings. The summed E-state index contributed by atoms with van der Waals surface area (Å²) >= 11 is 0. The molecule has 1 N–H and O–H groups in total. The molecular formula is C13H13NO4. The van der Waals surface area contributed by atoms with Crippen molar-refractivity contribution in [3.63, 3.8) is 0 Å². The lowest BCUT2D eigenvalue weighted by Gasteiger charge is -2.06. The first-order valence-corrected chi connectivity index (χ1v) is 5.46. The van der Waals surface area contributed by atoms with Crippen LogP contribution in [0, 0.1) is 6.92 Å². The number of pyridine rings is 1. The van der Waals surface area contributed by atoms with E-state index in [0.717, 1.165) is 11.3 Å². The van der Waals surface area contributed by atoms with Crippen LogP contribution < -0.4 is 10.2 Å². The van der Waals surface area contributed by atoms with Crippen LogP contribution in [0.5, 0.6) is 5.75 Å². The normalized spacial score (nSPS) is 10.3. The van der Waals surface area contributed by atoms with Gasteiger partial charge in [0.2, 0.25) is 11.2 Å². The van der Waals surface area contributed by atoms with Crippen LogP contribution in [0.25, 0.3) is 0 Å². The van der Waals surface area contributed by atoms with E-state index in [0.29, 0.717) is 0 Å². The average molecular weight is 247 g/mol. The Bertz CT molecular complexity index is 592. The van der Waals surface area contributed by atoms with Crippen molar-refractivity contribution < 1.29 is 14.3 Å². The van der Waals surface area contributed by atoms with Gasteiger partial charge in [0.25, 0.3) is 0 Å². The highest BCUT2D eigenvalue weighted by molar-refractivity contribution is 5.20. The maximum absolute atomic E-state index is 11.6. The maximum Gasteiger partial charge on any atom is 0.227 e. The highest BCUT2D eigenvalue weighted by atomic mass is 16.5. The van der Waals surface area contributed by atoms with Gasteiger partial charge < -0.3 is 14.3 Å². The molecule has 0 bridgehead atoms. The van der Waals surface area contributed by atoms with Gasteiger partial charge in [0.15, 0.2) is 0 Å². The molecule has 2 aromatic rings. The molecule has 0 aliphatic heterocycles. The molecule has 2 rings (SSSR count). The van der Waals surface area contributed by atoms with E-state index < -0.39 is 0 Å². The Balaban J connectivity index is 2.11. The van der Waals surface area contributed by atoms with E-state index in [1.165, 1.54) is 12.3 Å². The van der Waals surface area contributed by atoms with Gasteiger partial charge in [-0.3, -0.25) is 9.78 Å². The van der Waals surface area contributed by atoms with Gasteiger partial charge in [-0.25, -0.2) is 0 Å². The van der Waals surface area contributed by atoms with Crippen LogP contribution >= 0.6 is 0 Å². The first-order chi connectivity index (χ1) is 8.70. The summed E-state index contributed by atoms with van der Waals surface area (Å²) in [6.07, 6.45) is 2.87. The van der Waals surface area contributed by atoms with Crippen LogP contribution in [-0.2, 0) is 13.2 Å². The molecule has 94 valence electrons. The molecule has 0 spiro atoms. The number of aliphatic hydroxyl groups is 1. The number of ether oxygens (including phenoxy) is 1. The van der Waals surface area contributed by atoms with Crippen molar-refractivity contribution in [2.75, 3.05) is 0 Å². The van der Waals surface area contributed by atoms with Gasteiger partial charge in [-0.2, -0.15) is 0 Å². The van der Waals surface area contributed by atoms with Crippen molar-refractivity contribution in [1.29, 1.82) is 0 Å². The van der Waals surface area contributed by atoms with E-state index in [-0.39, 0.29) is 30.2 Å². The highest BCUT2D eigenvalue weighted by Gasteiger charge is 2.06. The number of aromatic nitrogens is 1. The minimum Gasteiger partial charge on any atom is -0.480 e. The molecule has 0 saturated heterocycles. The minimum absolute atomic E-state index is 0.109. The fourth-order valence-electron chi connectivity index (χ4n) is 1.44. The topological polar surface area (TPSA) is 72.6 Å². The van der Waals surface area contributed by atoms with Crippen molar-refractivity contribution in [3.05, 3.63) is 57.9 Å². The summed E-state index contributed by atoms with van der Waals surface area (Å²) in [6, 6.07) is 4.97. The largest absolute Gasteiger partial charge is 0.480 e. The SMILES string of the molecule is Cc1cccnc1COc1coc(CO)cc1=O. The molecule has 0 unspecified atom stereocenters. The lowest BCUT2D eigenvalue weighted by atomic mass is 10.2. The quantitative estimate of drug-likeness (QED) is 0.884. The monoisotopic (exact) mass is 247 g/mol. The second kappa shape index (κ2) is 5.46. The average Bonchev–Trinajstić information content (AvgIpc) is 2.39. The minimum atomic E-state index is -0.320. The zero-order valence-electron chi connectivity index (χ0n) is 9.92. The number of nitrogens with zero attached hydrogens (tertiary/aromatic N) is 1. The smallest absolute Gasteiger partial charge is 0.227 e. The molecule has 0 aromatic carbocycles. The molecular weight excluding hydrogens is 234 g/mol. The Hall–Kier alpha value is -2.14.